The lowest BCUT2D eigenvalue weighted by Gasteiger charge is -2.39. The first-order valence-electron chi connectivity index (χ1n) is 7.76. The number of fused-ring (bicyclic) bond motifs is 2. The molecule has 2 atom stereocenters. The summed E-state index contributed by atoms with van der Waals surface area (Å²) in [6.45, 7) is 1.43. The summed E-state index contributed by atoms with van der Waals surface area (Å²) in [6, 6.07) is 6.28. The number of methoxy groups -OCH3 is 2. The number of Topliss-reactive ketones (excluding diaryl/α,β-unsaturated/α-hetero) is 1. The molecule has 22 heavy (non-hydrogen) atoms. The van der Waals surface area contributed by atoms with E-state index in [1.807, 2.05) is 18.2 Å². The van der Waals surface area contributed by atoms with Crippen LogP contribution in [0.3, 0.4) is 0 Å². The summed E-state index contributed by atoms with van der Waals surface area (Å²) < 4.78 is 16.1. The molecule has 1 aromatic carbocycles. The highest BCUT2D eigenvalue weighted by atomic mass is 16.5. The van der Waals surface area contributed by atoms with Crippen molar-refractivity contribution in [2.24, 2.45) is 5.92 Å². The average Bonchev–Trinajstić information content (AvgIpc) is 2.54. The zero-order valence-corrected chi connectivity index (χ0v) is 13.1. The second kappa shape index (κ2) is 6.67. The summed E-state index contributed by atoms with van der Waals surface area (Å²) in [7, 11) is 3.24. The second-order valence-electron chi connectivity index (χ2n) is 6.13. The van der Waals surface area contributed by atoms with Crippen LogP contribution in [-0.2, 0) is 16.0 Å². The molecule has 2 saturated heterocycles. The van der Waals surface area contributed by atoms with Gasteiger partial charge in [0, 0.05) is 30.5 Å². The normalized spacial score (nSPS) is 27.3. The van der Waals surface area contributed by atoms with Gasteiger partial charge in [-0.1, -0.05) is 0 Å². The standard InChI is InChI=1S/C17H23NO4/c1-20-15-3-11(4-16(8-15)21-2)5-17(19)12-6-13-9-22-10-14(7-12)18-13/h3-4,8,12-14,18H,5-7,9-10H2,1-2H3. The number of morpholine rings is 1. The minimum atomic E-state index is 0.123. The highest BCUT2D eigenvalue weighted by molar-refractivity contribution is 5.83. The molecule has 2 aliphatic heterocycles. The SMILES string of the molecule is COc1cc(CC(=O)C2CC3COCC(C2)N3)cc(OC)c1. The fourth-order valence-corrected chi connectivity index (χ4v) is 3.41. The summed E-state index contributed by atoms with van der Waals surface area (Å²) in [6.07, 6.45) is 2.17. The van der Waals surface area contributed by atoms with E-state index in [2.05, 4.69) is 5.32 Å². The van der Waals surface area contributed by atoms with Crippen molar-refractivity contribution in [2.75, 3.05) is 27.4 Å². The van der Waals surface area contributed by atoms with Gasteiger partial charge in [0.25, 0.3) is 0 Å². The van der Waals surface area contributed by atoms with Gasteiger partial charge in [-0.15, -0.1) is 0 Å². The lowest BCUT2D eigenvalue weighted by molar-refractivity contribution is -0.125. The number of benzene rings is 1. The van der Waals surface area contributed by atoms with E-state index in [0.29, 0.717) is 37.5 Å². The maximum Gasteiger partial charge on any atom is 0.140 e. The van der Waals surface area contributed by atoms with Crippen molar-refractivity contribution in [3.63, 3.8) is 0 Å². The van der Waals surface area contributed by atoms with E-state index in [-0.39, 0.29) is 5.92 Å². The first kappa shape index (κ1) is 15.3. The van der Waals surface area contributed by atoms with Gasteiger partial charge in [0.05, 0.1) is 27.4 Å². The molecule has 0 amide bonds. The number of ether oxygens (including phenoxy) is 3. The van der Waals surface area contributed by atoms with Gasteiger partial charge in [0.15, 0.2) is 0 Å². The minimum absolute atomic E-state index is 0.123. The molecular formula is C17H23NO4. The van der Waals surface area contributed by atoms with Crippen LogP contribution in [-0.4, -0.2) is 45.3 Å². The fourth-order valence-electron chi connectivity index (χ4n) is 3.41. The molecular weight excluding hydrogens is 282 g/mol. The molecule has 2 bridgehead atoms. The van der Waals surface area contributed by atoms with E-state index >= 15 is 0 Å². The zero-order chi connectivity index (χ0) is 15.5. The van der Waals surface area contributed by atoms with E-state index in [1.165, 1.54) is 0 Å². The third-order valence-corrected chi connectivity index (χ3v) is 4.49. The first-order chi connectivity index (χ1) is 10.7. The van der Waals surface area contributed by atoms with E-state index in [1.54, 1.807) is 14.2 Å². The van der Waals surface area contributed by atoms with Crippen LogP contribution in [0.2, 0.25) is 0 Å². The third-order valence-electron chi connectivity index (χ3n) is 4.49. The van der Waals surface area contributed by atoms with Crippen molar-refractivity contribution in [1.29, 1.82) is 0 Å². The number of piperidine rings is 1. The predicted molar refractivity (Wildman–Crippen MR) is 82.5 cm³/mol. The maximum absolute atomic E-state index is 12.6. The molecule has 5 nitrogen and oxygen atoms in total. The Labute approximate surface area is 130 Å². The van der Waals surface area contributed by atoms with E-state index < -0.39 is 0 Å². The Bertz CT molecular complexity index is 511. The van der Waals surface area contributed by atoms with Gasteiger partial charge in [0.2, 0.25) is 0 Å². The van der Waals surface area contributed by atoms with Crippen molar-refractivity contribution in [1.82, 2.24) is 5.32 Å². The van der Waals surface area contributed by atoms with Crippen LogP contribution in [0.25, 0.3) is 0 Å². The summed E-state index contributed by atoms with van der Waals surface area (Å²) in [5.41, 5.74) is 0.946. The van der Waals surface area contributed by atoms with Crippen LogP contribution in [0.4, 0.5) is 0 Å². The van der Waals surface area contributed by atoms with Crippen LogP contribution in [0.15, 0.2) is 18.2 Å². The summed E-state index contributed by atoms with van der Waals surface area (Å²) >= 11 is 0. The van der Waals surface area contributed by atoms with Crippen LogP contribution in [0.5, 0.6) is 11.5 Å². The number of nitrogens with one attached hydrogen (secondary N) is 1. The Morgan fingerprint density at radius 3 is 2.27 bits per heavy atom. The molecule has 2 fully saturated rings. The van der Waals surface area contributed by atoms with Crippen molar-refractivity contribution < 1.29 is 19.0 Å². The lowest BCUT2D eigenvalue weighted by atomic mass is 9.82. The number of hydrogen-bond acceptors (Lipinski definition) is 5. The fraction of sp³-hybridized carbons (Fsp3) is 0.588. The minimum Gasteiger partial charge on any atom is -0.497 e. The predicted octanol–water partition coefficient (Wildman–Crippen LogP) is 1.58. The highest BCUT2D eigenvalue weighted by Crippen LogP contribution is 2.28. The van der Waals surface area contributed by atoms with Crippen molar-refractivity contribution in [3.8, 4) is 11.5 Å². The van der Waals surface area contributed by atoms with Crippen LogP contribution >= 0.6 is 0 Å². The molecule has 0 saturated carbocycles. The Kier molecular flexibility index (Phi) is 4.64. The molecule has 0 aromatic heterocycles. The summed E-state index contributed by atoms with van der Waals surface area (Å²) in [4.78, 5) is 12.6. The lowest BCUT2D eigenvalue weighted by Crippen LogP contribution is -2.55. The molecule has 2 heterocycles. The van der Waals surface area contributed by atoms with Gasteiger partial charge in [0.1, 0.15) is 17.3 Å². The molecule has 120 valence electrons. The molecule has 2 aliphatic rings. The van der Waals surface area contributed by atoms with Crippen LogP contribution < -0.4 is 14.8 Å². The number of carbonyl (C=O) groups excluding carboxylic acids is 1. The summed E-state index contributed by atoms with van der Waals surface area (Å²) in [5, 5.41) is 3.52. The monoisotopic (exact) mass is 305 g/mol. The van der Waals surface area contributed by atoms with Gasteiger partial charge in [-0.3, -0.25) is 4.79 Å². The molecule has 1 aromatic rings. The topological polar surface area (TPSA) is 56.8 Å². The highest BCUT2D eigenvalue weighted by Gasteiger charge is 2.34. The first-order valence-corrected chi connectivity index (χ1v) is 7.76. The van der Waals surface area contributed by atoms with E-state index in [4.69, 9.17) is 14.2 Å². The summed E-state index contributed by atoms with van der Waals surface area (Å²) in [5.74, 6) is 1.86. The quantitative estimate of drug-likeness (QED) is 0.895. The number of carbonyl (C=O) groups is 1. The zero-order valence-electron chi connectivity index (χ0n) is 13.1. The van der Waals surface area contributed by atoms with Crippen LogP contribution in [0.1, 0.15) is 18.4 Å². The molecule has 0 aliphatic carbocycles. The largest absolute Gasteiger partial charge is 0.497 e. The average molecular weight is 305 g/mol. The molecule has 0 spiro atoms. The molecule has 5 heteroatoms. The third kappa shape index (κ3) is 3.42. The van der Waals surface area contributed by atoms with Crippen molar-refractivity contribution in [3.05, 3.63) is 23.8 Å². The maximum atomic E-state index is 12.6. The van der Waals surface area contributed by atoms with Gasteiger partial charge in [-0.05, 0) is 30.5 Å². The molecule has 0 radical (unpaired) electrons. The smallest absolute Gasteiger partial charge is 0.140 e. The molecule has 1 N–H and O–H groups in total. The van der Waals surface area contributed by atoms with Gasteiger partial charge < -0.3 is 19.5 Å². The Morgan fingerprint density at radius 1 is 1.14 bits per heavy atom. The van der Waals surface area contributed by atoms with E-state index in [0.717, 1.165) is 29.9 Å². The van der Waals surface area contributed by atoms with E-state index in [9.17, 15) is 4.79 Å². The van der Waals surface area contributed by atoms with Crippen molar-refractivity contribution in [2.45, 2.75) is 31.3 Å². The Balaban J connectivity index is 1.68. The van der Waals surface area contributed by atoms with Gasteiger partial charge in [-0.2, -0.15) is 0 Å². The van der Waals surface area contributed by atoms with Crippen molar-refractivity contribution >= 4 is 5.78 Å². The number of hydrogen-bond donors (Lipinski definition) is 1. The number of rotatable bonds is 5. The van der Waals surface area contributed by atoms with Crippen LogP contribution in [0, 0.1) is 5.92 Å². The van der Waals surface area contributed by atoms with Gasteiger partial charge >= 0.3 is 0 Å². The molecule has 2 unspecified atom stereocenters. The second-order valence-corrected chi connectivity index (χ2v) is 6.13. The Morgan fingerprint density at radius 2 is 1.73 bits per heavy atom. The molecule has 3 rings (SSSR count). The number of ketones is 1. The van der Waals surface area contributed by atoms with Gasteiger partial charge in [-0.25, -0.2) is 0 Å². The Hall–Kier alpha value is -1.59.